The van der Waals surface area contributed by atoms with E-state index < -0.39 is 17.7 Å². The van der Waals surface area contributed by atoms with Crippen LogP contribution in [0.15, 0.2) is 35.3 Å². The van der Waals surface area contributed by atoms with Crippen molar-refractivity contribution in [3.8, 4) is 0 Å². The summed E-state index contributed by atoms with van der Waals surface area (Å²) < 4.78 is 19.1. The van der Waals surface area contributed by atoms with Gasteiger partial charge in [0.25, 0.3) is 5.91 Å². The zero-order valence-electron chi connectivity index (χ0n) is 11.1. The summed E-state index contributed by atoms with van der Waals surface area (Å²) in [6.45, 7) is 5.31. The van der Waals surface area contributed by atoms with E-state index in [1.54, 1.807) is 13.0 Å². The number of amides is 1. The van der Waals surface area contributed by atoms with Crippen molar-refractivity contribution in [2.24, 2.45) is 0 Å². The van der Waals surface area contributed by atoms with Crippen LogP contribution in [0.4, 0.5) is 4.39 Å². The minimum atomic E-state index is -0.651. The molecule has 0 bridgehead atoms. The Hall–Kier alpha value is -1.69. The van der Waals surface area contributed by atoms with E-state index in [1.807, 2.05) is 0 Å². The highest BCUT2D eigenvalue weighted by Gasteiger charge is 2.21. The summed E-state index contributed by atoms with van der Waals surface area (Å²) in [5.74, 6) is -1.77. The molecule has 0 spiro atoms. The number of benzene rings is 1. The Morgan fingerprint density at radius 1 is 1.50 bits per heavy atom. The first-order chi connectivity index (χ1) is 9.49. The highest BCUT2D eigenvalue weighted by molar-refractivity contribution is 9.10. The number of carbonyl (C=O) groups excluding carboxylic acids is 2. The lowest BCUT2D eigenvalue weighted by molar-refractivity contribution is -0.143. The first kappa shape index (κ1) is 16.4. The van der Waals surface area contributed by atoms with E-state index in [0.29, 0.717) is 4.47 Å². The third-order valence-electron chi connectivity index (χ3n) is 2.42. The van der Waals surface area contributed by atoms with Gasteiger partial charge in [0.05, 0.1) is 12.2 Å². The normalized spacial score (nSPS) is 9.95. The van der Waals surface area contributed by atoms with Gasteiger partial charge in [0, 0.05) is 11.0 Å². The maximum atomic E-state index is 13.8. The van der Waals surface area contributed by atoms with Crippen molar-refractivity contribution in [1.29, 1.82) is 0 Å². The second-order valence-electron chi connectivity index (χ2n) is 3.90. The Morgan fingerprint density at radius 3 is 2.75 bits per heavy atom. The van der Waals surface area contributed by atoms with E-state index in [2.05, 4.69) is 22.5 Å². The van der Waals surface area contributed by atoms with Crippen molar-refractivity contribution in [2.45, 2.75) is 6.92 Å². The molecule has 0 aliphatic carbocycles. The molecule has 0 N–H and O–H groups in total. The largest absolute Gasteiger partial charge is 0.465 e. The zero-order chi connectivity index (χ0) is 15.1. The van der Waals surface area contributed by atoms with Crippen molar-refractivity contribution in [2.75, 3.05) is 19.7 Å². The summed E-state index contributed by atoms with van der Waals surface area (Å²) in [7, 11) is 0. The number of esters is 1. The minimum Gasteiger partial charge on any atom is -0.465 e. The molecule has 0 saturated heterocycles. The van der Waals surface area contributed by atoms with E-state index in [1.165, 1.54) is 23.1 Å². The highest BCUT2D eigenvalue weighted by atomic mass is 79.9. The van der Waals surface area contributed by atoms with Crippen LogP contribution in [0.5, 0.6) is 0 Å². The van der Waals surface area contributed by atoms with E-state index in [4.69, 9.17) is 4.74 Å². The maximum Gasteiger partial charge on any atom is 0.325 e. The molecule has 0 aromatic heterocycles. The molecule has 0 aliphatic rings. The zero-order valence-corrected chi connectivity index (χ0v) is 12.7. The van der Waals surface area contributed by atoms with Crippen molar-refractivity contribution in [3.05, 3.63) is 46.7 Å². The fourth-order valence-electron chi connectivity index (χ4n) is 1.57. The number of ether oxygens (including phenoxy) is 1. The molecule has 1 rings (SSSR count). The Balaban J connectivity index is 2.93. The van der Waals surface area contributed by atoms with Crippen LogP contribution in [0.25, 0.3) is 0 Å². The molecule has 0 saturated carbocycles. The summed E-state index contributed by atoms with van der Waals surface area (Å²) in [5, 5.41) is 0. The highest BCUT2D eigenvalue weighted by Crippen LogP contribution is 2.17. The van der Waals surface area contributed by atoms with Gasteiger partial charge >= 0.3 is 5.97 Å². The lowest BCUT2D eigenvalue weighted by Gasteiger charge is -2.20. The van der Waals surface area contributed by atoms with Crippen LogP contribution in [-0.4, -0.2) is 36.5 Å². The van der Waals surface area contributed by atoms with Gasteiger partial charge in [0.15, 0.2) is 0 Å². The maximum absolute atomic E-state index is 13.8. The van der Waals surface area contributed by atoms with Crippen molar-refractivity contribution in [3.63, 3.8) is 0 Å². The SMILES string of the molecule is C=CCN(CC(=O)OCC)C(=O)c1ccc(Br)cc1F. The molecule has 0 heterocycles. The average molecular weight is 344 g/mol. The van der Waals surface area contributed by atoms with Crippen LogP contribution in [0.3, 0.4) is 0 Å². The van der Waals surface area contributed by atoms with Crippen LogP contribution < -0.4 is 0 Å². The van der Waals surface area contributed by atoms with Gasteiger partial charge in [-0.15, -0.1) is 6.58 Å². The number of halogens is 2. The van der Waals surface area contributed by atoms with Crippen LogP contribution in [-0.2, 0) is 9.53 Å². The van der Waals surface area contributed by atoms with Gasteiger partial charge in [-0.05, 0) is 25.1 Å². The number of hydrogen-bond acceptors (Lipinski definition) is 3. The van der Waals surface area contributed by atoms with E-state index >= 15 is 0 Å². The van der Waals surface area contributed by atoms with Gasteiger partial charge in [-0.25, -0.2) is 4.39 Å². The first-order valence-electron chi connectivity index (χ1n) is 6.00. The summed E-state index contributed by atoms with van der Waals surface area (Å²) >= 11 is 3.12. The predicted octanol–water partition coefficient (Wildman–Crippen LogP) is 2.78. The van der Waals surface area contributed by atoms with Crippen molar-refractivity contribution in [1.82, 2.24) is 4.90 Å². The fraction of sp³-hybridized carbons (Fsp3) is 0.286. The van der Waals surface area contributed by atoms with Gasteiger partial charge in [0.1, 0.15) is 12.4 Å². The third kappa shape index (κ3) is 4.45. The van der Waals surface area contributed by atoms with Crippen LogP contribution >= 0.6 is 15.9 Å². The average Bonchev–Trinajstić information content (AvgIpc) is 2.38. The summed E-state index contributed by atoms with van der Waals surface area (Å²) in [6.07, 6.45) is 1.47. The van der Waals surface area contributed by atoms with Crippen LogP contribution in [0.2, 0.25) is 0 Å². The van der Waals surface area contributed by atoms with Crippen molar-refractivity contribution >= 4 is 27.8 Å². The molecule has 1 aromatic carbocycles. The summed E-state index contributed by atoms with van der Waals surface area (Å²) in [6, 6.07) is 4.12. The standard InChI is InChI=1S/C14H15BrFNO3/c1-3-7-17(9-13(18)20-4-2)14(19)11-6-5-10(15)8-12(11)16/h3,5-6,8H,1,4,7,9H2,2H3. The Kier molecular flexibility index (Phi) is 6.38. The van der Waals surface area contributed by atoms with E-state index in [-0.39, 0.29) is 25.3 Å². The smallest absolute Gasteiger partial charge is 0.325 e. The van der Waals surface area contributed by atoms with Gasteiger partial charge < -0.3 is 9.64 Å². The number of rotatable bonds is 6. The Bertz CT molecular complexity index is 519. The molecule has 4 nitrogen and oxygen atoms in total. The quantitative estimate of drug-likeness (QED) is 0.589. The van der Waals surface area contributed by atoms with Crippen molar-refractivity contribution < 1.29 is 18.7 Å². The minimum absolute atomic E-state index is 0.0978. The molecule has 6 heteroatoms. The van der Waals surface area contributed by atoms with Gasteiger partial charge in [-0.3, -0.25) is 9.59 Å². The molecule has 108 valence electrons. The third-order valence-corrected chi connectivity index (χ3v) is 2.92. The van der Waals surface area contributed by atoms with E-state index in [0.717, 1.165) is 0 Å². The fourth-order valence-corrected chi connectivity index (χ4v) is 1.90. The number of hydrogen-bond donors (Lipinski definition) is 0. The number of nitrogens with zero attached hydrogens (tertiary/aromatic N) is 1. The molecule has 20 heavy (non-hydrogen) atoms. The van der Waals surface area contributed by atoms with E-state index in [9.17, 15) is 14.0 Å². The molecule has 0 aliphatic heterocycles. The predicted molar refractivity (Wildman–Crippen MR) is 76.8 cm³/mol. The molecule has 1 aromatic rings. The molecule has 0 radical (unpaired) electrons. The number of carbonyl (C=O) groups is 2. The summed E-state index contributed by atoms with van der Waals surface area (Å²) in [5.41, 5.74) is -0.0978. The van der Waals surface area contributed by atoms with Gasteiger partial charge in [-0.2, -0.15) is 0 Å². The first-order valence-corrected chi connectivity index (χ1v) is 6.79. The second kappa shape index (κ2) is 7.79. The molecule has 0 atom stereocenters. The molecular formula is C14H15BrFNO3. The molecule has 0 unspecified atom stereocenters. The molecule has 1 amide bonds. The van der Waals surface area contributed by atoms with Crippen LogP contribution in [0.1, 0.15) is 17.3 Å². The molecule has 0 fully saturated rings. The lowest BCUT2D eigenvalue weighted by atomic mass is 10.2. The van der Waals surface area contributed by atoms with Crippen LogP contribution in [0, 0.1) is 5.82 Å². The monoisotopic (exact) mass is 343 g/mol. The second-order valence-corrected chi connectivity index (χ2v) is 4.82. The topological polar surface area (TPSA) is 46.6 Å². The van der Waals surface area contributed by atoms with Gasteiger partial charge in [0.2, 0.25) is 0 Å². The summed E-state index contributed by atoms with van der Waals surface area (Å²) in [4.78, 5) is 24.9. The Morgan fingerprint density at radius 2 is 2.20 bits per heavy atom. The Labute approximate surface area is 125 Å². The van der Waals surface area contributed by atoms with Gasteiger partial charge in [-0.1, -0.05) is 22.0 Å². The molecular weight excluding hydrogens is 329 g/mol. The lowest BCUT2D eigenvalue weighted by Crippen LogP contribution is -2.37.